The predicted molar refractivity (Wildman–Crippen MR) is 208 cm³/mol. The predicted octanol–water partition coefficient (Wildman–Crippen LogP) is 0.113. The van der Waals surface area contributed by atoms with Crippen LogP contribution in [0.1, 0.15) is 79.4 Å². The van der Waals surface area contributed by atoms with E-state index in [0.29, 0.717) is 11.1 Å². The number of furan rings is 1. The highest BCUT2D eigenvalue weighted by atomic mass is 16.7. The smallest absolute Gasteiger partial charge is 0.339 e. The minimum absolute atomic E-state index is 0.0606. The van der Waals surface area contributed by atoms with Crippen LogP contribution in [0, 0.1) is 28.1 Å². The molecule has 63 heavy (non-hydrogen) atoms. The summed E-state index contributed by atoms with van der Waals surface area (Å²) in [6.07, 6.45) is -19.9. The van der Waals surface area contributed by atoms with Crippen LogP contribution in [0.4, 0.5) is 0 Å². The van der Waals surface area contributed by atoms with Crippen LogP contribution in [-0.4, -0.2) is 160 Å². The van der Waals surface area contributed by atoms with Crippen LogP contribution >= 0.6 is 0 Å². The van der Waals surface area contributed by atoms with Gasteiger partial charge < -0.3 is 77.7 Å². The summed E-state index contributed by atoms with van der Waals surface area (Å²) in [5.41, 5.74) is -4.97. The minimum atomic E-state index is -2.06. The molecule has 1 aromatic rings. The van der Waals surface area contributed by atoms with E-state index in [9.17, 15) is 49.8 Å². The van der Waals surface area contributed by atoms with Gasteiger partial charge in [-0.3, -0.25) is 14.4 Å². The van der Waals surface area contributed by atoms with Gasteiger partial charge in [-0.2, -0.15) is 0 Å². The van der Waals surface area contributed by atoms with Crippen molar-refractivity contribution in [2.45, 2.75) is 165 Å². The van der Waals surface area contributed by atoms with E-state index >= 15 is 0 Å². The molecule has 5 heterocycles. The van der Waals surface area contributed by atoms with Crippen LogP contribution in [0.25, 0.3) is 0 Å². The SMILES string of the molecule is C=C1C2C[C@H](OC(C)=O)[C@@]3(C)[C@H](c4ccoc4)OC(=O)[C@@H](O[C@H]4O[C@H](CO[C@@H]5O[C@@H](C)[C@H](O)[C@@H](O)[C@H]5O)[C@@H](O)[C@H](O)[C@H]4O)[C@]13O[C@H]1C[C@H](OC(C)=O)C(C)(C)[C@H](CC(=O)OC)[C@@]21C. The zero-order valence-electron chi connectivity index (χ0n) is 36.5. The summed E-state index contributed by atoms with van der Waals surface area (Å²) in [5.74, 6) is -4.20. The molecule has 1 unspecified atom stereocenters. The Kier molecular flexibility index (Phi) is 12.8. The number of hydrogen-bond acceptors (Lipinski definition) is 20. The van der Waals surface area contributed by atoms with Gasteiger partial charge in [0.15, 0.2) is 18.7 Å². The first-order chi connectivity index (χ1) is 29.5. The van der Waals surface area contributed by atoms with E-state index in [1.165, 1.54) is 40.4 Å². The van der Waals surface area contributed by atoms with Gasteiger partial charge in [-0.05, 0) is 43.7 Å². The van der Waals surface area contributed by atoms with Crippen molar-refractivity contribution in [1.29, 1.82) is 0 Å². The molecule has 2 bridgehead atoms. The first-order valence-corrected chi connectivity index (χ1v) is 21.1. The molecular weight excluding hydrogens is 836 g/mol. The largest absolute Gasteiger partial charge is 0.472 e. The summed E-state index contributed by atoms with van der Waals surface area (Å²) in [5, 5.41) is 64.7. The molecule has 7 rings (SSSR count). The van der Waals surface area contributed by atoms with Crippen LogP contribution in [0.2, 0.25) is 0 Å². The average molecular weight is 897 g/mol. The second-order valence-electron chi connectivity index (χ2n) is 18.8. The molecule has 1 aromatic heterocycles. The first kappa shape index (κ1) is 47.4. The Balaban J connectivity index is 1.33. The van der Waals surface area contributed by atoms with Crippen molar-refractivity contribution in [3.8, 4) is 0 Å². The van der Waals surface area contributed by atoms with Crippen LogP contribution in [-0.2, 0) is 61.8 Å². The quantitative estimate of drug-likeness (QED) is 0.103. The first-order valence-electron chi connectivity index (χ1n) is 21.1. The molecule has 6 fully saturated rings. The van der Waals surface area contributed by atoms with Gasteiger partial charge in [-0.15, -0.1) is 0 Å². The number of aliphatic hydroxyl groups excluding tert-OH is 6. The van der Waals surface area contributed by atoms with E-state index in [1.807, 2.05) is 20.8 Å². The van der Waals surface area contributed by atoms with Gasteiger partial charge in [0.05, 0.1) is 43.9 Å². The fourth-order valence-electron chi connectivity index (χ4n) is 11.6. The third-order valence-corrected chi connectivity index (χ3v) is 15.1. The second kappa shape index (κ2) is 17.0. The van der Waals surface area contributed by atoms with E-state index in [0.717, 1.165) is 0 Å². The standard InChI is InChI=1S/C43H60O20/c1-17-22-12-27(59-20(4)45)42(8)35(21-10-11-55-15-21)61-37(53)36(43(17,42)63-26-14-25(58-19(3)44)40(5,6)24(41(22,26)7)13-28(46)54-9)62-39-34(52)32(50)30(48)23(60-39)16-56-38-33(51)31(49)29(47)18(2)57-38/h10-11,15,18,22-27,29-36,38-39,47-52H,1,12-14,16H2,2-9H3/t18-,22?,23+,24-,25-,26-,27-,29-,30+,31+,32-,33+,34+,35-,36+,38+,39+,41+,42-,43+/m0/s1. The van der Waals surface area contributed by atoms with E-state index in [4.69, 9.17) is 47.0 Å². The highest BCUT2D eigenvalue weighted by Crippen LogP contribution is 2.73. The molecule has 0 radical (unpaired) electrons. The maximum Gasteiger partial charge on any atom is 0.339 e. The van der Waals surface area contributed by atoms with Gasteiger partial charge in [0, 0.05) is 43.1 Å². The van der Waals surface area contributed by atoms with Crippen molar-refractivity contribution in [3.05, 3.63) is 36.3 Å². The number of esters is 4. The zero-order valence-corrected chi connectivity index (χ0v) is 36.5. The van der Waals surface area contributed by atoms with Crippen LogP contribution < -0.4 is 0 Å². The highest BCUT2D eigenvalue weighted by molar-refractivity contribution is 5.80. The Morgan fingerprint density at radius 2 is 1.49 bits per heavy atom. The highest BCUT2D eigenvalue weighted by Gasteiger charge is 2.80. The fourth-order valence-corrected chi connectivity index (χ4v) is 11.6. The number of cyclic esters (lactones) is 1. The molecule has 0 amide bonds. The van der Waals surface area contributed by atoms with E-state index < -0.39 is 156 Å². The van der Waals surface area contributed by atoms with Gasteiger partial charge in [-0.1, -0.05) is 27.4 Å². The fraction of sp³-hybridized carbons (Fsp3) is 0.767. The second-order valence-corrected chi connectivity index (χ2v) is 18.8. The molecule has 352 valence electrons. The van der Waals surface area contributed by atoms with Crippen molar-refractivity contribution >= 4 is 23.9 Å². The van der Waals surface area contributed by atoms with Crippen LogP contribution in [0.5, 0.6) is 0 Å². The lowest BCUT2D eigenvalue weighted by Crippen LogP contribution is -2.81. The van der Waals surface area contributed by atoms with Crippen LogP contribution in [0.15, 0.2) is 35.2 Å². The van der Waals surface area contributed by atoms with Gasteiger partial charge in [0.25, 0.3) is 0 Å². The summed E-state index contributed by atoms with van der Waals surface area (Å²) >= 11 is 0. The molecule has 0 aromatic carbocycles. The van der Waals surface area contributed by atoms with E-state index in [-0.39, 0.29) is 19.3 Å². The Morgan fingerprint density at radius 3 is 2.11 bits per heavy atom. The van der Waals surface area contributed by atoms with Crippen molar-refractivity contribution < 1.29 is 96.9 Å². The monoisotopic (exact) mass is 896 g/mol. The van der Waals surface area contributed by atoms with Crippen molar-refractivity contribution in [2.75, 3.05) is 13.7 Å². The molecule has 4 aliphatic heterocycles. The number of carbonyl (C=O) groups excluding carboxylic acids is 4. The van der Waals surface area contributed by atoms with E-state index in [1.54, 1.807) is 13.0 Å². The summed E-state index contributed by atoms with van der Waals surface area (Å²) in [6.45, 7) is 15.3. The maximum atomic E-state index is 14.8. The lowest BCUT2D eigenvalue weighted by Gasteiger charge is -2.73. The molecule has 6 N–H and O–H groups in total. The molecule has 1 spiro atoms. The number of fused-ring (bicyclic) bond motifs is 3. The third kappa shape index (κ3) is 7.42. The molecule has 6 aliphatic rings. The summed E-state index contributed by atoms with van der Waals surface area (Å²) in [4.78, 5) is 53.9. The Bertz CT molecular complexity index is 1900. The van der Waals surface area contributed by atoms with E-state index in [2.05, 4.69) is 6.58 Å². The molecule has 2 aliphatic carbocycles. The molecule has 20 atom stereocenters. The van der Waals surface area contributed by atoms with Crippen molar-refractivity contribution in [1.82, 2.24) is 0 Å². The number of methoxy groups -OCH3 is 1. The Labute approximate surface area is 363 Å². The molecular formula is C43H60O20. The molecule has 2 saturated carbocycles. The minimum Gasteiger partial charge on any atom is -0.472 e. The van der Waals surface area contributed by atoms with Gasteiger partial charge in [0.1, 0.15) is 66.6 Å². The summed E-state index contributed by atoms with van der Waals surface area (Å²) in [6, 6.07) is 1.57. The average Bonchev–Trinajstić information content (AvgIpc) is 3.76. The number of rotatable bonds is 10. The number of carbonyl (C=O) groups is 4. The third-order valence-electron chi connectivity index (χ3n) is 15.1. The molecule has 20 heteroatoms. The number of aliphatic hydroxyl groups is 6. The lowest BCUT2D eigenvalue weighted by atomic mass is 9.40. The zero-order chi connectivity index (χ0) is 46.3. The maximum absolute atomic E-state index is 14.8. The summed E-state index contributed by atoms with van der Waals surface area (Å²) in [7, 11) is 1.26. The Morgan fingerprint density at radius 1 is 0.857 bits per heavy atom. The summed E-state index contributed by atoms with van der Waals surface area (Å²) < 4.78 is 60.1. The van der Waals surface area contributed by atoms with Gasteiger partial charge in [-0.25, -0.2) is 4.79 Å². The topological polar surface area (TPSA) is 286 Å². The van der Waals surface area contributed by atoms with Gasteiger partial charge >= 0.3 is 23.9 Å². The lowest BCUT2D eigenvalue weighted by molar-refractivity contribution is -0.382. The molecule has 20 nitrogen and oxygen atoms in total. The molecule has 4 saturated heterocycles. The number of hydrogen-bond donors (Lipinski definition) is 6. The van der Waals surface area contributed by atoms with Crippen molar-refractivity contribution in [2.24, 2.45) is 28.1 Å². The van der Waals surface area contributed by atoms with Crippen LogP contribution in [0.3, 0.4) is 0 Å². The number of ether oxygens (including phenoxy) is 9. The Hall–Kier alpha value is -3.54. The van der Waals surface area contributed by atoms with Gasteiger partial charge in [0.2, 0.25) is 0 Å². The normalized spacial score (nSPS) is 46.7. The van der Waals surface area contributed by atoms with Crippen molar-refractivity contribution in [3.63, 3.8) is 0 Å².